The number of rotatable bonds is 4. The Morgan fingerprint density at radius 2 is 2.15 bits per heavy atom. The topological polar surface area (TPSA) is 64.1 Å². The second kappa shape index (κ2) is 6.39. The highest BCUT2D eigenvalue weighted by molar-refractivity contribution is 7.15. The summed E-state index contributed by atoms with van der Waals surface area (Å²) in [6.45, 7) is 3.43. The number of amides is 1. The van der Waals surface area contributed by atoms with Crippen molar-refractivity contribution in [3.63, 3.8) is 0 Å². The Labute approximate surface area is 129 Å². The van der Waals surface area contributed by atoms with Gasteiger partial charge in [-0.25, -0.2) is 0 Å². The molecule has 0 saturated carbocycles. The Morgan fingerprint density at radius 1 is 1.40 bits per heavy atom. The van der Waals surface area contributed by atoms with Crippen molar-refractivity contribution in [3.8, 4) is 5.75 Å². The molecular formula is C12H11Cl2N3O2S. The molecule has 0 bridgehead atoms. The zero-order valence-electron chi connectivity index (χ0n) is 10.7. The molecule has 2 aromatic rings. The van der Waals surface area contributed by atoms with Crippen LogP contribution in [0.3, 0.4) is 0 Å². The van der Waals surface area contributed by atoms with Crippen molar-refractivity contribution in [3.05, 3.63) is 33.3 Å². The van der Waals surface area contributed by atoms with Crippen LogP contribution in [0.1, 0.15) is 11.9 Å². The van der Waals surface area contributed by atoms with Gasteiger partial charge in [-0.2, -0.15) is 0 Å². The lowest BCUT2D eigenvalue weighted by molar-refractivity contribution is -0.122. The molecule has 1 aromatic carbocycles. The van der Waals surface area contributed by atoms with Gasteiger partial charge >= 0.3 is 0 Å². The summed E-state index contributed by atoms with van der Waals surface area (Å²) in [6.07, 6.45) is -0.724. The van der Waals surface area contributed by atoms with Crippen LogP contribution in [0, 0.1) is 6.92 Å². The van der Waals surface area contributed by atoms with E-state index in [0.717, 1.165) is 5.01 Å². The highest BCUT2D eigenvalue weighted by Crippen LogP contribution is 2.28. The standard InChI is InChI=1S/C12H11Cl2N3O2S/c1-6(11(18)15-12-17-16-7(2)20-12)19-10-4-3-8(13)5-9(10)14/h3-6H,1-2H3,(H,15,17,18)/t6-/m0/s1. The Hall–Kier alpha value is -1.37. The lowest BCUT2D eigenvalue weighted by Gasteiger charge is -2.14. The summed E-state index contributed by atoms with van der Waals surface area (Å²) < 4.78 is 5.49. The van der Waals surface area contributed by atoms with Gasteiger partial charge in [-0.15, -0.1) is 10.2 Å². The Balaban J connectivity index is 2.00. The van der Waals surface area contributed by atoms with Crippen LogP contribution in [-0.2, 0) is 4.79 Å². The van der Waals surface area contributed by atoms with E-state index in [9.17, 15) is 4.79 Å². The molecule has 2 rings (SSSR count). The van der Waals surface area contributed by atoms with E-state index in [0.29, 0.717) is 20.9 Å². The number of aromatic nitrogens is 2. The van der Waals surface area contributed by atoms with Gasteiger partial charge in [-0.3, -0.25) is 10.1 Å². The molecule has 0 fully saturated rings. The van der Waals surface area contributed by atoms with Gasteiger partial charge in [0.1, 0.15) is 10.8 Å². The minimum Gasteiger partial charge on any atom is -0.479 e. The van der Waals surface area contributed by atoms with Crippen LogP contribution in [0.5, 0.6) is 5.75 Å². The second-order valence-corrected chi connectivity index (χ2v) is 5.98. The van der Waals surface area contributed by atoms with Crippen LogP contribution in [-0.4, -0.2) is 22.2 Å². The van der Waals surface area contributed by atoms with Crippen LogP contribution in [0.15, 0.2) is 18.2 Å². The number of halogens is 2. The Morgan fingerprint density at radius 3 is 2.75 bits per heavy atom. The first-order chi connectivity index (χ1) is 9.45. The van der Waals surface area contributed by atoms with E-state index in [2.05, 4.69) is 15.5 Å². The summed E-state index contributed by atoms with van der Waals surface area (Å²) in [4.78, 5) is 11.9. The highest BCUT2D eigenvalue weighted by Gasteiger charge is 2.17. The third-order valence-electron chi connectivity index (χ3n) is 2.32. The molecule has 1 aromatic heterocycles. The summed E-state index contributed by atoms with van der Waals surface area (Å²) in [5.41, 5.74) is 0. The maximum atomic E-state index is 11.9. The van der Waals surface area contributed by atoms with Gasteiger partial charge in [0.15, 0.2) is 6.10 Å². The van der Waals surface area contributed by atoms with E-state index in [-0.39, 0.29) is 5.91 Å². The van der Waals surface area contributed by atoms with Crippen molar-refractivity contribution in [1.82, 2.24) is 10.2 Å². The summed E-state index contributed by atoms with van der Waals surface area (Å²) >= 11 is 13.1. The van der Waals surface area contributed by atoms with Crippen LogP contribution in [0.2, 0.25) is 10.0 Å². The van der Waals surface area contributed by atoms with E-state index in [1.54, 1.807) is 32.0 Å². The van der Waals surface area contributed by atoms with Gasteiger partial charge < -0.3 is 4.74 Å². The van der Waals surface area contributed by atoms with Crippen molar-refractivity contribution in [2.24, 2.45) is 0 Å². The Bertz CT molecular complexity index is 633. The van der Waals surface area contributed by atoms with Gasteiger partial charge in [0.05, 0.1) is 5.02 Å². The number of hydrogen-bond acceptors (Lipinski definition) is 5. The smallest absolute Gasteiger partial charge is 0.266 e. The molecule has 0 unspecified atom stereocenters. The molecule has 20 heavy (non-hydrogen) atoms. The first-order valence-corrected chi connectivity index (χ1v) is 7.25. The van der Waals surface area contributed by atoms with Crippen molar-refractivity contribution < 1.29 is 9.53 Å². The van der Waals surface area contributed by atoms with Gasteiger partial charge in [-0.05, 0) is 32.0 Å². The monoisotopic (exact) mass is 331 g/mol. The molecule has 1 heterocycles. The van der Waals surface area contributed by atoms with Crippen LogP contribution >= 0.6 is 34.5 Å². The number of nitrogens with zero attached hydrogens (tertiary/aromatic N) is 2. The van der Waals surface area contributed by atoms with Gasteiger partial charge in [0.2, 0.25) is 5.13 Å². The molecule has 1 amide bonds. The highest BCUT2D eigenvalue weighted by atomic mass is 35.5. The molecule has 1 N–H and O–H groups in total. The first kappa shape index (κ1) is 15.0. The van der Waals surface area contributed by atoms with Crippen LogP contribution in [0.25, 0.3) is 0 Å². The average Bonchev–Trinajstić information content (AvgIpc) is 2.78. The molecular weight excluding hydrogens is 321 g/mol. The summed E-state index contributed by atoms with van der Waals surface area (Å²) in [5.74, 6) is 0.0688. The molecule has 0 saturated heterocycles. The number of hydrogen-bond donors (Lipinski definition) is 1. The lowest BCUT2D eigenvalue weighted by Crippen LogP contribution is -2.30. The third-order valence-corrected chi connectivity index (χ3v) is 3.61. The minimum atomic E-state index is -0.724. The van der Waals surface area contributed by atoms with Crippen molar-refractivity contribution >= 4 is 45.6 Å². The van der Waals surface area contributed by atoms with E-state index < -0.39 is 6.10 Å². The molecule has 5 nitrogen and oxygen atoms in total. The predicted molar refractivity (Wildman–Crippen MR) is 79.8 cm³/mol. The van der Waals surface area contributed by atoms with E-state index in [1.165, 1.54) is 11.3 Å². The fraction of sp³-hybridized carbons (Fsp3) is 0.250. The molecule has 1 atom stereocenters. The van der Waals surface area contributed by atoms with Crippen molar-refractivity contribution in [1.29, 1.82) is 0 Å². The molecule has 0 aliphatic rings. The van der Waals surface area contributed by atoms with Crippen molar-refractivity contribution in [2.45, 2.75) is 20.0 Å². The average molecular weight is 332 g/mol. The first-order valence-electron chi connectivity index (χ1n) is 5.68. The SMILES string of the molecule is Cc1nnc(NC(=O)[C@H](C)Oc2ccc(Cl)cc2Cl)s1. The van der Waals surface area contributed by atoms with Crippen LogP contribution < -0.4 is 10.1 Å². The normalized spacial score (nSPS) is 12.0. The third kappa shape index (κ3) is 3.82. The second-order valence-electron chi connectivity index (χ2n) is 3.95. The molecule has 0 radical (unpaired) electrons. The number of benzene rings is 1. The fourth-order valence-electron chi connectivity index (χ4n) is 1.37. The quantitative estimate of drug-likeness (QED) is 0.930. The number of aryl methyl sites for hydroxylation is 1. The predicted octanol–water partition coefficient (Wildman–Crippen LogP) is 3.56. The lowest BCUT2D eigenvalue weighted by atomic mass is 10.3. The maximum absolute atomic E-state index is 11.9. The zero-order valence-corrected chi connectivity index (χ0v) is 13.0. The number of carbonyl (C=O) groups is 1. The van der Waals surface area contributed by atoms with E-state index in [1.807, 2.05) is 0 Å². The van der Waals surface area contributed by atoms with E-state index in [4.69, 9.17) is 27.9 Å². The summed E-state index contributed by atoms with van der Waals surface area (Å²) in [6, 6.07) is 4.81. The maximum Gasteiger partial charge on any atom is 0.266 e. The Kier molecular flexibility index (Phi) is 4.80. The zero-order chi connectivity index (χ0) is 14.7. The van der Waals surface area contributed by atoms with Gasteiger partial charge in [-0.1, -0.05) is 34.5 Å². The molecule has 8 heteroatoms. The fourth-order valence-corrected chi connectivity index (χ4v) is 2.42. The molecule has 0 aliphatic carbocycles. The van der Waals surface area contributed by atoms with Crippen molar-refractivity contribution in [2.75, 3.05) is 5.32 Å². The largest absolute Gasteiger partial charge is 0.479 e. The molecule has 0 aliphatic heterocycles. The van der Waals surface area contributed by atoms with Gasteiger partial charge in [0, 0.05) is 5.02 Å². The minimum absolute atomic E-state index is 0.327. The van der Waals surface area contributed by atoms with Crippen LogP contribution in [0.4, 0.5) is 5.13 Å². The van der Waals surface area contributed by atoms with E-state index >= 15 is 0 Å². The molecule has 0 spiro atoms. The summed E-state index contributed by atoms with van der Waals surface area (Å²) in [5, 5.41) is 12.3. The number of ether oxygens (including phenoxy) is 1. The number of carbonyl (C=O) groups excluding carboxylic acids is 1. The number of nitrogens with one attached hydrogen (secondary N) is 1. The molecule has 106 valence electrons. The summed E-state index contributed by atoms with van der Waals surface area (Å²) in [7, 11) is 0. The number of anilines is 1. The van der Waals surface area contributed by atoms with Gasteiger partial charge in [0.25, 0.3) is 5.91 Å².